The van der Waals surface area contributed by atoms with E-state index in [9.17, 15) is 18.0 Å². The largest absolute Gasteiger partial charge is 0.355 e. The van der Waals surface area contributed by atoms with Crippen LogP contribution in [0.1, 0.15) is 30.5 Å². The van der Waals surface area contributed by atoms with Gasteiger partial charge in [0.2, 0.25) is 21.8 Å². The van der Waals surface area contributed by atoms with Gasteiger partial charge >= 0.3 is 0 Å². The number of aryl methyl sites for hydroxylation is 2. The molecule has 0 saturated heterocycles. The summed E-state index contributed by atoms with van der Waals surface area (Å²) in [6.07, 6.45) is 1.06. The summed E-state index contributed by atoms with van der Waals surface area (Å²) >= 11 is 6.08. The van der Waals surface area contributed by atoms with E-state index in [1.165, 1.54) is 4.90 Å². The summed E-state index contributed by atoms with van der Waals surface area (Å²) in [5, 5.41) is 3.22. The molecule has 2 aromatic carbocycles. The maximum atomic E-state index is 13.4. The van der Waals surface area contributed by atoms with Gasteiger partial charge in [0.25, 0.3) is 0 Å². The first kappa shape index (κ1) is 25.7. The number of anilines is 1. The summed E-state index contributed by atoms with van der Waals surface area (Å²) < 4.78 is 26.2. The fourth-order valence-corrected chi connectivity index (χ4v) is 4.29. The van der Waals surface area contributed by atoms with Gasteiger partial charge in [0.1, 0.15) is 12.6 Å². The summed E-state index contributed by atoms with van der Waals surface area (Å²) in [5.41, 5.74) is 3.06. The molecule has 7 nitrogen and oxygen atoms in total. The molecule has 174 valence electrons. The molecular weight excluding hydrogens is 450 g/mol. The van der Waals surface area contributed by atoms with Crippen LogP contribution >= 0.6 is 11.6 Å². The number of nitrogens with one attached hydrogen (secondary N) is 1. The SMILES string of the molecule is CCNC(=O)[C@H](C)N(Cc1cccc(Cl)c1)C(=O)CN(c1ccc(C)c(C)c1)S(C)(=O)=O. The van der Waals surface area contributed by atoms with Gasteiger partial charge in [0, 0.05) is 18.1 Å². The van der Waals surface area contributed by atoms with Crippen molar-refractivity contribution in [3.63, 3.8) is 0 Å². The summed E-state index contributed by atoms with van der Waals surface area (Å²) in [6, 6.07) is 11.4. The van der Waals surface area contributed by atoms with Gasteiger partial charge < -0.3 is 10.2 Å². The number of carbonyl (C=O) groups is 2. The quantitative estimate of drug-likeness (QED) is 0.598. The fourth-order valence-electron chi connectivity index (χ4n) is 3.23. The van der Waals surface area contributed by atoms with Crippen molar-refractivity contribution in [2.45, 2.75) is 40.3 Å². The van der Waals surface area contributed by atoms with E-state index in [1.807, 2.05) is 19.9 Å². The molecule has 2 aromatic rings. The zero-order valence-electron chi connectivity index (χ0n) is 19.1. The minimum atomic E-state index is -3.75. The van der Waals surface area contributed by atoms with Gasteiger partial charge in [0.05, 0.1) is 11.9 Å². The molecule has 1 atom stereocenters. The Kier molecular flexibility index (Phi) is 8.69. The van der Waals surface area contributed by atoms with Crippen LogP contribution in [0.5, 0.6) is 0 Å². The Bertz CT molecular complexity index is 1090. The van der Waals surface area contributed by atoms with Crippen LogP contribution < -0.4 is 9.62 Å². The molecule has 0 saturated carbocycles. The number of hydrogen-bond acceptors (Lipinski definition) is 4. The standard InChI is InChI=1S/C23H30ClN3O4S/c1-6-25-23(29)18(4)26(14-19-8-7-9-20(24)13-19)22(28)15-27(32(5,30)31)21-11-10-16(2)17(3)12-21/h7-13,18H,6,14-15H2,1-5H3,(H,25,29)/t18-/m0/s1. The van der Waals surface area contributed by atoms with Crippen LogP contribution in [0, 0.1) is 13.8 Å². The molecule has 0 aliphatic rings. The van der Waals surface area contributed by atoms with Crippen molar-refractivity contribution < 1.29 is 18.0 Å². The van der Waals surface area contributed by atoms with Crippen LogP contribution in [0.2, 0.25) is 5.02 Å². The third-order valence-corrected chi connectivity index (χ3v) is 6.59. The number of nitrogens with zero attached hydrogens (tertiary/aromatic N) is 2. The van der Waals surface area contributed by atoms with E-state index in [0.717, 1.165) is 27.3 Å². The lowest BCUT2D eigenvalue weighted by atomic mass is 10.1. The Labute approximate surface area is 195 Å². The first-order valence-corrected chi connectivity index (χ1v) is 12.5. The topological polar surface area (TPSA) is 86.8 Å². The summed E-state index contributed by atoms with van der Waals surface area (Å²) in [4.78, 5) is 27.3. The molecule has 0 radical (unpaired) electrons. The molecule has 0 unspecified atom stereocenters. The molecule has 9 heteroatoms. The molecule has 0 heterocycles. The zero-order valence-corrected chi connectivity index (χ0v) is 20.6. The van der Waals surface area contributed by atoms with Crippen molar-refractivity contribution in [2.75, 3.05) is 23.7 Å². The van der Waals surface area contributed by atoms with E-state index >= 15 is 0 Å². The third-order valence-electron chi connectivity index (χ3n) is 5.22. The van der Waals surface area contributed by atoms with Crippen LogP contribution in [0.4, 0.5) is 5.69 Å². The minimum absolute atomic E-state index is 0.113. The maximum absolute atomic E-state index is 13.4. The highest BCUT2D eigenvalue weighted by Crippen LogP contribution is 2.22. The minimum Gasteiger partial charge on any atom is -0.355 e. The van der Waals surface area contributed by atoms with Crippen LogP contribution in [0.15, 0.2) is 42.5 Å². The van der Waals surface area contributed by atoms with Crippen LogP contribution in [0.25, 0.3) is 0 Å². The Balaban J connectivity index is 2.40. The highest BCUT2D eigenvalue weighted by atomic mass is 35.5. The molecule has 2 rings (SSSR count). The summed E-state index contributed by atoms with van der Waals surface area (Å²) in [7, 11) is -3.75. The molecule has 0 aliphatic carbocycles. The normalized spacial score (nSPS) is 12.2. The second-order valence-electron chi connectivity index (χ2n) is 7.76. The van der Waals surface area contributed by atoms with Gasteiger partial charge in [0.15, 0.2) is 0 Å². The Morgan fingerprint density at radius 1 is 1.09 bits per heavy atom. The number of sulfonamides is 1. The van der Waals surface area contributed by atoms with Crippen molar-refractivity contribution in [3.8, 4) is 0 Å². The molecule has 0 fully saturated rings. The molecule has 0 bridgehead atoms. The smallest absolute Gasteiger partial charge is 0.244 e. The molecule has 0 aliphatic heterocycles. The molecule has 0 aromatic heterocycles. The fraction of sp³-hybridized carbons (Fsp3) is 0.391. The van der Waals surface area contributed by atoms with Crippen molar-refractivity contribution in [1.82, 2.24) is 10.2 Å². The average Bonchev–Trinajstić information content (AvgIpc) is 2.71. The Morgan fingerprint density at radius 3 is 2.34 bits per heavy atom. The summed E-state index contributed by atoms with van der Waals surface area (Å²) in [5.74, 6) is -0.813. The molecule has 32 heavy (non-hydrogen) atoms. The highest BCUT2D eigenvalue weighted by Gasteiger charge is 2.30. The van der Waals surface area contributed by atoms with E-state index in [-0.39, 0.29) is 12.5 Å². The van der Waals surface area contributed by atoms with Crippen molar-refractivity contribution in [1.29, 1.82) is 0 Å². The van der Waals surface area contributed by atoms with E-state index in [2.05, 4.69) is 5.32 Å². The number of benzene rings is 2. The van der Waals surface area contributed by atoms with Crippen molar-refractivity contribution in [2.24, 2.45) is 0 Å². The number of likely N-dealkylation sites (N-methyl/N-ethyl adjacent to an activating group) is 1. The summed E-state index contributed by atoms with van der Waals surface area (Å²) in [6.45, 7) is 7.32. The predicted molar refractivity (Wildman–Crippen MR) is 128 cm³/mol. The second-order valence-corrected chi connectivity index (χ2v) is 10.1. The van der Waals surface area contributed by atoms with E-state index < -0.39 is 28.5 Å². The first-order chi connectivity index (χ1) is 14.9. The highest BCUT2D eigenvalue weighted by molar-refractivity contribution is 7.92. The van der Waals surface area contributed by atoms with Crippen LogP contribution in [0.3, 0.4) is 0 Å². The average molecular weight is 480 g/mol. The van der Waals surface area contributed by atoms with Gasteiger partial charge in [-0.05, 0) is 68.7 Å². The van der Waals surface area contributed by atoms with Crippen LogP contribution in [-0.4, -0.2) is 50.5 Å². The van der Waals surface area contributed by atoms with E-state index in [0.29, 0.717) is 17.3 Å². The van der Waals surface area contributed by atoms with E-state index in [4.69, 9.17) is 11.6 Å². The predicted octanol–water partition coefficient (Wildman–Crippen LogP) is 3.28. The number of amides is 2. The van der Waals surface area contributed by atoms with Crippen LogP contribution in [-0.2, 0) is 26.2 Å². The lowest BCUT2D eigenvalue weighted by Gasteiger charge is -2.31. The van der Waals surface area contributed by atoms with Crippen molar-refractivity contribution in [3.05, 3.63) is 64.2 Å². The number of carbonyl (C=O) groups excluding carboxylic acids is 2. The monoisotopic (exact) mass is 479 g/mol. The molecule has 1 N–H and O–H groups in total. The lowest BCUT2D eigenvalue weighted by molar-refractivity contribution is -0.139. The Morgan fingerprint density at radius 2 is 1.78 bits per heavy atom. The number of hydrogen-bond donors (Lipinski definition) is 1. The van der Waals surface area contributed by atoms with Gasteiger partial charge in [-0.3, -0.25) is 13.9 Å². The lowest BCUT2D eigenvalue weighted by Crippen LogP contribution is -2.51. The maximum Gasteiger partial charge on any atom is 0.244 e. The van der Waals surface area contributed by atoms with Gasteiger partial charge in [-0.15, -0.1) is 0 Å². The first-order valence-electron chi connectivity index (χ1n) is 10.3. The molecule has 2 amide bonds. The zero-order chi connectivity index (χ0) is 24.1. The second kappa shape index (κ2) is 10.8. The number of rotatable bonds is 9. The molecule has 0 spiro atoms. The van der Waals surface area contributed by atoms with Gasteiger partial charge in [-0.2, -0.15) is 0 Å². The van der Waals surface area contributed by atoms with Crippen molar-refractivity contribution >= 4 is 39.1 Å². The number of halogens is 1. The third kappa shape index (κ3) is 6.71. The van der Waals surface area contributed by atoms with Gasteiger partial charge in [-0.25, -0.2) is 8.42 Å². The Hall–Kier alpha value is -2.58. The van der Waals surface area contributed by atoms with Gasteiger partial charge in [-0.1, -0.05) is 29.8 Å². The molecular formula is C23H30ClN3O4S. The van der Waals surface area contributed by atoms with E-state index in [1.54, 1.807) is 50.2 Å².